The largest absolute Gasteiger partial charge is 0.378 e. The quantitative estimate of drug-likeness (QED) is 0.633. The highest BCUT2D eigenvalue weighted by atomic mass is 32.2. The van der Waals surface area contributed by atoms with Crippen molar-refractivity contribution < 1.29 is 13.2 Å². The van der Waals surface area contributed by atoms with Crippen LogP contribution in [-0.4, -0.2) is 45.0 Å². The molecule has 162 valence electrons. The summed E-state index contributed by atoms with van der Waals surface area (Å²) in [6.07, 6.45) is 0. The summed E-state index contributed by atoms with van der Waals surface area (Å²) in [5.74, 6) is 0.0167. The molecule has 0 atom stereocenters. The lowest BCUT2D eigenvalue weighted by atomic mass is 10.1. The Morgan fingerprint density at radius 3 is 2.42 bits per heavy atom. The van der Waals surface area contributed by atoms with Gasteiger partial charge in [-0.05, 0) is 49.7 Å². The van der Waals surface area contributed by atoms with E-state index >= 15 is 0 Å². The summed E-state index contributed by atoms with van der Waals surface area (Å²) in [7, 11) is -3.33. The molecule has 31 heavy (non-hydrogen) atoms. The molecule has 2 heterocycles. The number of fused-ring (bicyclic) bond motifs is 1. The standard InChI is InChI=1S/C23H26N4O3S/c1-3-27-22-10-9-19(26-11-13-30-14-12-26)15-20(22)21(16-24)23(27)17-5-7-18(8-6-17)25-31(28,29)4-2/h5-10,15,25H,3-4,11-14H2,1-2H3. The molecule has 1 aliphatic heterocycles. The van der Waals surface area contributed by atoms with E-state index in [1.54, 1.807) is 19.1 Å². The minimum atomic E-state index is -3.33. The van der Waals surface area contributed by atoms with Crippen LogP contribution >= 0.6 is 0 Å². The fourth-order valence-corrected chi connectivity index (χ4v) is 4.69. The van der Waals surface area contributed by atoms with Gasteiger partial charge < -0.3 is 14.2 Å². The molecule has 4 rings (SSSR count). The van der Waals surface area contributed by atoms with Gasteiger partial charge in [-0.2, -0.15) is 5.26 Å². The van der Waals surface area contributed by atoms with Gasteiger partial charge in [0.1, 0.15) is 6.07 Å². The molecule has 8 heteroatoms. The first kappa shape index (κ1) is 21.2. The number of rotatable bonds is 6. The number of aromatic nitrogens is 1. The average Bonchev–Trinajstić information content (AvgIpc) is 3.12. The SMILES string of the molecule is CCn1c(-c2ccc(NS(=O)(=O)CC)cc2)c(C#N)c2cc(N3CCOCC3)ccc21. The zero-order valence-corrected chi connectivity index (χ0v) is 18.6. The van der Waals surface area contributed by atoms with Crippen molar-refractivity contribution in [3.63, 3.8) is 0 Å². The van der Waals surface area contributed by atoms with Gasteiger partial charge in [0.25, 0.3) is 0 Å². The molecule has 0 radical (unpaired) electrons. The molecular weight excluding hydrogens is 412 g/mol. The van der Waals surface area contributed by atoms with Gasteiger partial charge in [0.15, 0.2) is 0 Å². The second-order valence-electron chi connectivity index (χ2n) is 7.46. The van der Waals surface area contributed by atoms with Crippen molar-refractivity contribution in [1.29, 1.82) is 5.26 Å². The highest BCUT2D eigenvalue weighted by Crippen LogP contribution is 2.36. The van der Waals surface area contributed by atoms with E-state index in [2.05, 4.69) is 45.4 Å². The van der Waals surface area contributed by atoms with Crippen LogP contribution in [0.1, 0.15) is 19.4 Å². The van der Waals surface area contributed by atoms with Crippen LogP contribution in [0.15, 0.2) is 42.5 Å². The number of morpholine rings is 1. The van der Waals surface area contributed by atoms with Crippen molar-refractivity contribution in [2.75, 3.05) is 41.7 Å². The summed E-state index contributed by atoms with van der Waals surface area (Å²) >= 11 is 0. The Labute approximate surface area is 182 Å². The number of benzene rings is 2. The molecule has 1 fully saturated rings. The molecule has 1 saturated heterocycles. The van der Waals surface area contributed by atoms with Gasteiger partial charge in [-0.25, -0.2) is 8.42 Å². The Hall–Kier alpha value is -3.02. The highest BCUT2D eigenvalue weighted by Gasteiger charge is 2.20. The second-order valence-corrected chi connectivity index (χ2v) is 9.47. The number of ether oxygens (including phenoxy) is 1. The summed E-state index contributed by atoms with van der Waals surface area (Å²) in [5, 5.41) is 11.0. The molecule has 2 aromatic carbocycles. The normalized spacial score (nSPS) is 14.5. The Bertz CT molecular complexity index is 1230. The van der Waals surface area contributed by atoms with E-state index in [1.807, 2.05) is 12.1 Å². The summed E-state index contributed by atoms with van der Waals surface area (Å²) in [6.45, 7) is 7.46. The summed E-state index contributed by atoms with van der Waals surface area (Å²) in [5.41, 5.74) is 4.98. The Kier molecular flexibility index (Phi) is 5.90. The smallest absolute Gasteiger partial charge is 0.232 e. The molecule has 3 aromatic rings. The maximum atomic E-state index is 11.8. The molecule has 0 aliphatic carbocycles. The van der Waals surface area contributed by atoms with Crippen molar-refractivity contribution in [1.82, 2.24) is 4.57 Å². The molecule has 1 N–H and O–H groups in total. The number of hydrogen-bond donors (Lipinski definition) is 1. The van der Waals surface area contributed by atoms with Crippen LogP contribution in [0.25, 0.3) is 22.2 Å². The molecule has 0 saturated carbocycles. The van der Waals surface area contributed by atoms with E-state index in [0.717, 1.165) is 40.9 Å². The first-order valence-corrected chi connectivity index (χ1v) is 12.1. The van der Waals surface area contributed by atoms with Gasteiger partial charge in [-0.3, -0.25) is 4.72 Å². The van der Waals surface area contributed by atoms with Crippen molar-refractivity contribution >= 4 is 32.3 Å². The monoisotopic (exact) mass is 438 g/mol. The molecule has 0 unspecified atom stereocenters. The van der Waals surface area contributed by atoms with Gasteiger partial charge in [0.05, 0.1) is 30.2 Å². The van der Waals surface area contributed by atoms with Crippen LogP contribution in [0, 0.1) is 11.3 Å². The molecule has 0 spiro atoms. The van der Waals surface area contributed by atoms with Gasteiger partial charge in [-0.15, -0.1) is 0 Å². The minimum Gasteiger partial charge on any atom is -0.378 e. The van der Waals surface area contributed by atoms with Gasteiger partial charge in [0.2, 0.25) is 10.0 Å². The molecule has 0 amide bonds. The Morgan fingerprint density at radius 2 is 1.81 bits per heavy atom. The topological polar surface area (TPSA) is 87.4 Å². The lowest BCUT2D eigenvalue weighted by Gasteiger charge is -2.28. The van der Waals surface area contributed by atoms with Crippen molar-refractivity contribution in [3.8, 4) is 17.3 Å². The summed E-state index contributed by atoms with van der Waals surface area (Å²) in [4.78, 5) is 2.28. The molecule has 0 bridgehead atoms. The van der Waals surface area contributed by atoms with E-state index < -0.39 is 10.0 Å². The van der Waals surface area contributed by atoms with E-state index in [4.69, 9.17) is 4.74 Å². The Balaban J connectivity index is 1.79. The summed E-state index contributed by atoms with van der Waals surface area (Å²) in [6, 6.07) is 15.9. The van der Waals surface area contributed by atoms with E-state index in [1.165, 1.54) is 0 Å². The molecule has 1 aromatic heterocycles. The zero-order valence-electron chi connectivity index (χ0n) is 17.8. The van der Waals surface area contributed by atoms with E-state index in [0.29, 0.717) is 31.0 Å². The third-order valence-corrected chi connectivity index (χ3v) is 6.97. The minimum absolute atomic E-state index is 0.0167. The number of nitrogens with one attached hydrogen (secondary N) is 1. The highest BCUT2D eigenvalue weighted by molar-refractivity contribution is 7.92. The average molecular weight is 439 g/mol. The lowest BCUT2D eigenvalue weighted by molar-refractivity contribution is 0.122. The van der Waals surface area contributed by atoms with Gasteiger partial charge in [0, 0.05) is 41.9 Å². The maximum Gasteiger partial charge on any atom is 0.232 e. The predicted molar refractivity (Wildman–Crippen MR) is 124 cm³/mol. The first-order valence-electron chi connectivity index (χ1n) is 10.5. The summed E-state index contributed by atoms with van der Waals surface area (Å²) < 4.78 is 33.8. The molecular formula is C23H26N4O3S. The van der Waals surface area contributed by atoms with Crippen LogP contribution in [0.2, 0.25) is 0 Å². The van der Waals surface area contributed by atoms with Crippen molar-refractivity contribution in [2.24, 2.45) is 0 Å². The fourth-order valence-electron chi connectivity index (χ4n) is 4.05. The fraction of sp³-hybridized carbons (Fsp3) is 0.348. The maximum absolute atomic E-state index is 11.8. The van der Waals surface area contributed by atoms with Crippen LogP contribution in [0.5, 0.6) is 0 Å². The van der Waals surface area contributed by atoms with Crippen LogP contribution in [0.3, 0.4) is 0 Å². The molecule has 7 nitrogen and oxygen atoms in total. The number of aryl methyl sites for hydroxylation is 1. The number of nitriles is 1. The number of nitrogens with zero attached hydrogens (tertiary/aromatic N) is 3. The van der Waals surface area contributed by atoms with E-state index in [9.17, 15) is 13.7 Å². The zero-order chi connectivity index (χ0) is 22.0. The first-order chi connectivity index (χ1) is 15.0. The van der Waals surface area contributed by atoms with Crippen molar-refractivity contribution in [2.45, 2.75) is 20.4 Å². The van der Waals surface area contributed by atoms with Crippen LogP contribution in [-0.2, 0) is 21.3 Å². The predicted octanol–water partition coefficient (Wildman–Crippen LogP) is 3.80. The Morgan fingerprint density at radius 1 is 1.10 bits per heavy atom. The number of hydrogen-bond acceptors (Lipinski definition) is 5. The number of anilines is 2. The third-order valence-electron chi connectivity index (χ3n) is 5.66. The van der Waals surface area contributed by atoms with Crippen LogP contribution < -0.4 is 9.62 Å². The lowest BCUT2D eigenvalue weighted by Crippen LogP contribution is -2.36. The second kappa shape index (κ2) is 8.61. The van der Waals surface area contributed by atoms with Gasteiger partial charge >= 0.3 is 0 Å². The molecule has 1 aliphatic rings. The number of sulfonamides is 1. The van der Waals surface area contributed by atoms with Crippen LogP contribution in [0.4, 0.5) is 11.4 Å². The third kappa shape index (κ3) is 4.11. The van der Waals surface area contributed by atoms with Crippen molar-refractivity contribution in [3.05, 3.63) is 48.0 Å². The van der Waals surface area contributed by atoms with E-state index in [-0.39, 0.29) is 5.75 Å². The van der Waals surface area contributed by atoms with Gasteiger partial charge in [-0.1, -0.05) is 12.1 Å².